The van der Waals surface area contributed by atoms with Crippen LogP contribution in [0.4, 0.5) is 0 Å². The fourth-order valence-corrected chi connectivity index (χ4v) is 3.20. The van der Waals surface area contributed by atoms with Gasteiger partial charge in [-0.05, 0) is 43.0 Å². The molecule has 0 aliphatic rings. The van der Waals surface area contributed by atoms with Gasteiger partial charge in [-0.3, -0.25) is 4.79 Å². The zero-order valence-corrected chi connectivity index (χ0v) is 16.6. The molecule has 1 N–H and O–H groups in total. The lowest BCUT2D eigenvalue weighted by Gasteiger charge is -2.31. The SMILES string of the molecule is CCOC(CC)(C(=O)NCCc1ccc(OC)c(OC)c1)c1ccccc1. The number of nitrogens with one attached hydrogen (secondary N) is 1. The van der Waals surface area contributed by atoms with E-state index in [0.29, 0.717) is 37.5 Å². The maximum atomic E-state index is 13.0. The summed E-state index contributed by atoms with van der Waals surface area (Å²) in [4.78, 5) is 13.0. The van der Waals surface area contributed by atoms with Gasteiger partial charge in [-0.25, -0.2) is 0 Å². The van der Waals surface area contributed by atoms with Gasteiger partial charge in [0.15, 0.2) is 17.1 Å². The van der Waals surface area contributed by atoms with Gasteiger partial charge in [0.1, 0.15) is 0 Å². The fourth-order valence-electron chi connectivity index (χ4n) is 3.20. The fraction of sp³-hybridized carbons (Fsp3) is 0.409. The molecule has 2 aromatic carbocycles. The summed E-state index contributed by atoms with van der Waals surface area (Å²) in [5.74, 6) is 1.26. The van der Waals surface area contributed by atoms with Crippen LogP contribution < -0.4 is 14.8 Å². The zero-order chi connectivity index (χ0) is 19.7. The topological polar surface area (TPSA) is 56.8 Å². The summed E-state index contributed by atoms with van der Waals surface area (Å²) < 4.78 is 16.5. The van der Waals surface area contributed by atoms with Crippen molar-refractivity contribution in [1.82, 2.24) is 5.32 Å². The van der Waals surface area contributed by atoms with Crippen LogP contribution in [0.1, 0.15) is 31.4 Å². The van der Waals surface area contributed by atoms with Crippen LogP contribution in [-0.2, 0) is 21.6 Å². The Morgan fingerprint density at radius 2 is 1.70 bits per heavy atom. The maximum absolute atomic E-state index is 13.0. The highest BCUT2D eigenvalue weighted by Gasteiger charge is 2.39. The van der Waals surface area contributed by atoms with Crippen molar-refractivity contribution in [2.45, 2.75) is 32.3 Å². The Morgan fingerprint density at radius 3 is 2.30 bits per heavy atom. The minimum Gasteiger partial charge on any atom is -0.493 e. The van der Waals surface area contributed by atoms with Crippen molar-refractivity contribution in [3.63, 3.8) is 0 Å². The van der Waals surface area contributed by atoms with E-state index in [4.69, 9.17) is 14.2 Å². The Morgan fingerprint density at radius 1 is 1.00 bits per heavy atom. The summed E-state index contributed by atoms with van der Waals surface area (Å²) >= 11 is 0. The molecule has 2 aromatic rings. The Bertz CT molecular complexity index is 732. The molecule has 0 saturated carbocycles. The van der Waals surface area contributed by atoms with Crippen LogP contribution >= 0.6 is 0 Å². The van der Waals surface area contributed by atoms with Gasteiger partial charge >= 0.3 is 0 Å². The van der Waals surface area contributed by atoms with Crippen molar-refractivity contribution in [1.29, 1.82) is 0 Å². The minimum atomic E-state index is -0.965. The summed E-state index contributed by atoms with van der Waals surface area (Å²) in [6.07, 6.45) is 1.25. The first-order valence-corrected chi connectivity index (χ1v) is 9.30. The van der Waals surface area contributed by atoms with Gasteiger partial charge in [-0.1, -0.05) is 43.3 Å². The summed E-state index contributed by atoms with van der Waals surface area (Å²) in [6.45, 7) is 4.85. The third kappa shape index (κ3) is 4.80. The highest BCUT2D eigenvalue weighted by molar-refractivity contribution is 5.86. The molecule has 0 radical (unpaired) electrons. The Balaban J connectivity index is 2.08. The number of carbonyl (C=O) groups is 1. The molecule has 27 heavy (non-hydrogen) atoms. The third-order valence-electron chi connectivity index (χ3n) is 4.64. The van der Waals surface area contributed by atoms with Gasteiger partial charge in [0, 0.05) is 13.2 Å². The molecule has 1 amide bonds. The van der Waals surface area contributed by atoms with Crippen molar-refractivity contribution in [2.75, 3.05) is 27.4 Å². The predicted molar refractivity (Wildman–Crippen MR) is 106 cm³/mol. The largest absolute Gasteiger partial charge is 0.493 e. The normalized spacial score (nSPS) is 12.9. The smallest absolute Gasteiger partial charge is 0.256 e. The molecule has 0 spiro atoms. The minimum absolute atomic E-state index is 0.112. The molecular weight excluding hydrogens is 342 g/mol. The first-order chi connectivity index (χ1) is 13.1. The van der Waals surface area contributed by atoms with E-state index in [2.05, 4.69) is 5.32 Å². The van der Waals surface area contributed by atoms with Crippen LogP contribution in [0.25, 0.3) is 0 Å². The number of rotatable bonds is 10. The average Bonchev–Trinajstić information content (AvgIpc) is 2.72. The molecule has 0 aromatic heterocycles. The summed E-state index contributed by atoms with van der Waals surface area (Å²) in [7, 11) is 3.22. The molecule has 1 unspecified atom stereocenters. The number of hydrogen-bond donors (Lipinski definition) is 1. The second kappa shape index (κ2) is 9.97. The van der Waals surface area contributed by atoms with E-state index in [1.165, 1.54) is 0 Å². The second-order valence-electron chi connectivity index (χ2n) is 6.17. The third-order valence-corrected chi connectivity index (χ3v) is 4.64. The molecular formula is C22H29NO4. The molecule has 5 nitrogen and oxygen atoms in total. The van der Waals surface area contributed by atoms with Gasteiger partial charge < -0.3 is 19.5 Å². The Hall–Kier alpha value is -2.53. The van der Waals surface area contributed by atoms with E-state index in [1.54, 1.807) is 14.2 Å². The first kappa shape index (κ1) is 20.8. The van der Waals surface area contributed by atoms with Crippen LogP contribution in [0.5, 0.6) is 11.5 Å². The molecule has 1 atom stereocenters. The summed E-state index contributed by atoms with van der Waals surface area (Å²) in [6, 6.07) is 15.4. The Labute approximate surface area is 161 Å². The molecule has 0 aliphatic carbocycles. The summed E-state index contributed by atoms with van der Waals surface area (Å²) in [5, 5.41) is 3.04. The van der Waals surface area contributed by atoms with Crippen molar-refractivity contribution >= 4 is 5.91 Å². The molecule has 146 valence electrons. The number of methoxy groups -OCH3 is 2. The highest BCUT2D eigenvalue weighted by Crippen LogP contribution is 2.30. The van der Waals surface area contributed by atoms with Crippen molar-refractivity contribution in [2.24, 2.45) is 0 Å². The van der Waals surface area contributed by atoms with Gasteiger partial charge in [-0.15, -0.1) is 0 Å². The number of hydrogen-bond acceptors (Lipinski definition) is 4. The van der Waals surface area contributed by atoms with Gasteiger partial charge in [0.05, 0.1) is 14.2 Å². The monoisotopic (exact) mass is 371 g/mol. The van der Waals surface area contributed by atoms with Crippen LogP contribution in [0.3, 0.4) is 0 Å². The lowest BCUT2D eigenvalue weighted by atomic mass is 9.89. The van der Waals surface area contributed by atoms with Crippen LogP contribution in [0.2, 0.25) is 0 Å². The van der Waals surface area contributed by atoms with Crippen LogP contribution in [-0.4, -0.2) is 33.3 Å². The number of benzene rings is 2. The van der Waals surface area contributed by atoms with E-state index >= 15 is 0 Å². The number of carbonyl (C=O) groups excluding carboxylic acids is 1. The van der Waals surface area contributed by atoms with Gasteiger partial charge in [0.25, 0.3) is 5.91 Å². The van der Waals surface area contributed by atoms with Crippen LogP contribution in [0.15, 0.2) is 48.5 Å². The van der Waals surface area contributed by atoms with Crippen molar-refractivity contribution in [3.8, 4) is 11.5 Å². The number of amides is 1. The zero-order valence-electron chi connectivity index (χ0n) is 16.6. The van der Waals surface area contributed by atoms with Gasteiger partial charge in [-0.2, -0.15) is 0 Å². The van der Waals surface area contributed by atoms with Crippen LogP contribution in [0, 0.1) is 0 Å². The molecule has 5 heteroatoms. The van der Waals surface area contributed by atoms with E-state index < -0.39 is 5.60 Å². The molecule has 0 bridgehead atoms. The predicted octanol–water partition coefficient (Wildman–Crippen LogP) is 3.70. The molecule has 0 saturated heterocycles. The van der Waals surface area contributed by atoms with E-state index in [1.807, 2.05) is 62.4 Å². The molecule has 0 aliphatic heterocycles. The molecule has 0 fully saturated rings. The second-order valence-corrected chi connectivity index (χ2v) is 6.17. The molecule has 2 rings (SSSR count). The van der Waals surface area contributed by atoms with Crippen molar-refractivity contribution in [3.05, 3.63) is 59.7 Å². The van der Waals surface area contributed by atoms with E-state index in [9.17, 15) is 4.79 Å². The highest BCUT2D eigenvalue weighted by atomic mass is 16.5. The standard InChI is InChI=1S/C22H29NO4/c1-5-22(27-6-2,18-10-8-7-9-11-18)21(24)23-15-14-17-12-13-19(25-3)20(16-17)26-4/h7-13,16H,5-6,14-15H2,1-4H3,(H,23,24). The van der Waals surface area contributed by atoms with E-state index in [0.717, 1.165) is 11.1 Å². The maximum Gasteiger partial charge on any atom is 0.256 e. The number of ether oxygens (including phenoxy) is 3. The van der Waals surface area contributed by atoms with Gasteiger partial charge in [0.2, 0.25) is 0 Å². The molecule has 0 heterocycles. The quantitative estimate of drug-likeness (QED) is 0.692. The summed E-state index contributed by atoms with van der Waals surface area (Å²) in [5.41, 5.74) is 0.970. The average molecular weight is 371 g/mol. The van der Waals surface area contributed by atoms with E-state index in [-0.39, 0.29) is 5.91 Å². The van der Waals surface area contributed by atoms with Crippen molar-refractivity contribution < 1.29 is 19.0 Å². The lowest BCUT2D eigenvalue weighted by molar-refractivity contribution is -0.149. The Kier molecular flexibility index (Phi) is 7.67. The lowest BCUT2D eigenvalue weighted by Crippen LogP contribution is -2.46. The first-order valence-electron chi connectivity index (χ1n) is 9.30.